The molecule has 1 heterocycles. The molecule has 0 saturated heterocycles. The van der Waals surface area contributed by atoms with E-state index in [9.17, 15) is 18.0 Å². The van der Waals surface area contributed by atoms with Crippen molar-refractivity contribution in [2.75, 3.05) is 31.1 Å². The molecule has 0 bridgehead atoms. The smallest absolute Gasteiger partial charge is 0.426 e. The van der Waals surface area contributed by atoms with Crippen molar-refractivity contribution in [1.29, 1.82) is 5.26 Å². The minimum absolute atomic E-state index is 0.000336. The van der Waals surface area contributed by atoms with Crippen LogP contribution in [0.4, 0.5) is 10.5 Å². The fourth-order valence-corrected chi connectivity index (χ4v) is 4.63. The first kappa shape index (κ1) is 24.8. The summed E-state index contributed by atoms with van der Waals surface area (Å²) in [5, 5.41) is 8.83. The number of anilines is 1. The Bertz CT molecular complexity index is 1280. The van der Waals surface area contributed by atoms with Gasteiger partial charge in [0.05, 0.1) is 37.3 Å². The van der Waals surface area contributed by atoms with E-state index in [4.69, 9.17) is 10.00 Å². The molecule has 0 aliphatic rings. The van der Waals surface area contributed by atoms with Crippen molar-refractivity contribution in [2.24, 2.45) is 0 Å². The van der Waals surface area contributed by atoms with Crippen LogP contribution >= 0.6 is 11.7 Å². The molecular weight excluding hydrogens is 482 g/mol. The van der Waals surface area contributed by atoms with Gasteiger partial charge in [0.2, 0.25) is 10.0 Å². The topological polar surface area (TPSA) is 166 Å². The fraction of sp³-hybridized carbons (Fsp3) is 0.250. The third-order valence-corrected chi connectivity index (χ3v) is 6.45. The lowest BCUT2D eigenvalue weighted by Gasteiger charge is -2.23. The Kier molecular flexibility index (Phi) is 8.68. The van der Waals surface area contributed by atoms with Crippen molar-refractivity contribution in [1.82, 2.24) is 24.3 Å². The molecule has 3 aromatic rings. The molecule has 0 aliphatic carbocycles. The standard InChI is InChI=1S/C20H21N7O5S2/c21-10-5-11-27(15-6-2-1-3-7-15)12-13-32-20(29)24-23-18(28)14-22-34(30,31)17-9-4-8-16-19(17)26-33-25-16/h1-4,6-9,22H,5,11-14H2,(H,23,28)(H,24,29). The van der Waals surface area contributed by atoms with Crippen LogP contribution < -0.4 is 20.5 Å². The molecule has 0 saturated carbocycles. The number of carbonyl (C=O) groups is 2. The lowest BCUT2D eigenvalue weighted by atomic mass is 10.2. The fourth-order valence-electron chi connectivity index (χ4n) is 2.88. The number of aromatic nitrogens is 2. The number of carbonyl (C=O) groups excluding carboxylic acids is 2. The molecule has 0 fully saturated rings. The van der Waals surface area contributed by atoms with E-state index in [-0.39, 0.29) is 17.0 Å². The Hall–Kier alpha value is -3.80. The molecule has 34 heavy (non-hydrogen) atoms. The summed E-state index contributed by atoms with van der Waals surface area (Å²) < 4.78 is 40.1. The summed E-state index contributed by atoms with van der Waals surface area (Å²) in [7, 11) is -4.03. The first-order chi connectivity index (χ1) is 16.4. The number of amides is 2. The Morgan fingerprint density at radius 2 is 1.85 bits per heavy atom. The molecule has 12 nitrogen and oxygen atoms in total. The van der Waals surface area contributed by atoms with Gasteiger partial charge in [-0.2, -0.15) is 14.0 Å². The second-order valence-corrected chi connectivity index (χ2v) is 9.02. The predicted molar refractivity (Wildman–Crippen MR) is 124 cm³/mol. The molecule has 3 rings (SSSR count). The minimum atomic E-state index is -4.03. The number of ether oxygens (including phenoxy) is 1. The summed E-state index contributed by atoms with van der Waals surface area (Å²) in [5.41, 5.74) is 5.64. The molecule has 178 valence electrons. The van der Waals surface area contributed by atoms with Gasteiger partial charge in [0.25, 0.3) is 5.91 Å². The zero-order chi connectivity index (χ0) is 24.4. The highest BCUT2D eigenvalue weighted by Gasteiger charge is 2.20. The number of benzene rings is 2. The number of hydrogen-bond acceptors (Lipinski definition) is 10. The summed E-state index contributed by atoms with van der Waals surface area (Å²) >= 11 is 0.879. The van der Waals surface area contributed by atoms with Crippen molar-refractivity contribution >= 4 is 50.5 Å². The lowest BCUT2D eigenvalue weighted by molar-refractivity contribution is -0.120. The predicted octanol–water partition coefficient (Wildman–Crippen LogP) is 1.15. The third kappa shape index (κ3) is 6.85. The van der Waals surface area contributed by atoms with Gasteiger partial charge in [-0.05, 0) is 24.3 Å². The van der Waals surface area contributed by atoms with E-state index in [0.717, 1.165) is 17.4 Å². The molecule has 14 heteroatoms. The Morgan fingerprint density at radius 3 is 2.62 bits per heavy atom. The van der Waals surface area contributed by atoms with Gasteiger partial charge in [-0.1, -0.05) is 24.3 Å². The zero-order valence-corrected chi connectivity index (χ0v) is 19.4. The SMILES string of the molecule is N#CCCN(CCOC(=O)NNC(=O)CNS(=O)(=O)c1cccc2nsnc12)c1ccccc1. The van der Waals surface area contributed by atoms with E-state index in [1.807, 2.05) is 35.2 Å². The van der Waals surface area contributed by atoms with Crippen LogP contribution in [0.25, 0.3) is 11.0 Å². The average molecular weight is 504 g/mol. The number of nitrogens with zero attached hydrogens (tertiary/aromatic N) is 4. The molecule has 2 aromatic carbocycles. The molecule has 1 aromatic heterocycles. The van der Waals surface area contributed by atoms with Gasteiger partial charge in [-0.15, -0.1) is 0 Å². The summed E-state index contributed by atoms with van der Waals surface area (Å²) in [6.45, 7) is 0.184. The van der Waals surface area contributed by atoms with Crippen molar-refractivity contribution in [3.05, 3.63) is 48.5 Å². The van der Waals surface area contributed by atoms with E-state index < -0.39 is 28.6 Å². The highest BCUT2D eigenvalue weighted by atomic mass is 32.2. The van der Waals surface area contributed by atoms with Crippen LogP contribution in [0.3, 0.4) is 0 Å². The Balaban J connectivity index is 1.42. The number of para-hydroxylation sites is 1. The van der Waals surface area contributed by atoms with E-state index in [0.29, 0.717) is 25.0 Å². The maximum atomic E-state index is 12.5. The van der Waals surface area contributed by atoms with Crippen LogP contribution in [-0.4, -0.2) is 55.4 Å². The van der Waals surface area contributed by atoms with Crippen molar-refractivity contribution in [3.63, 3.8) is 0 Å². The molecule has 2 amide bonds. The van der Waals surface area contributed by atoms with Gasteiger partial charge in [-0.25, -0.2) is 23.4 Å². The maximum Gasteiger partial charge on any atom is 0.426 e. The zero-order valence-electron chi connectivity index (χ0n) is 17.8. The van der Waals surface area contributed by atoms with Gasteiger partial charge in [0.15, 0.2) is 0 Å². The summed E-state index contributed by atoms with van der Waals surface area (Å²) in [6, 6.07) is 15.9. The highest BCUT2D eigenvalue weighted by molar-refractivity contribution is 7.89. The number of fused-ring (bicyclic) bond motifs is 1. The van der Waals surface area contributed by atoms with Gasteiger partial charge in [0.1, 0.15) is 22.5 Å². The van der Waals surface area contributed by atoms with Gasteiger partial charge in [-0.3, -0.25) is 10.2 Å². The first-order valence-corrected chi connectivity index (χ1v) is 12.2. The van der Waals surface area contributed by atoms with Gasteiger partial charge in [0, 0.05) is 12.2 Å². The number of hydrazine groups is 1. The quantitative estimate of drug-likeness (QED) is 0.344. The number of rotatable bonds is 10. The summed E-state index contributed by atoms with van der Waals surface area (Å²) in [5.74, 6) is -0.802. The summed E-state index contributed by atoms with van der Waals surface area (Å²) in [4.78, 5) is 25.6. The monoisotopic (exact) mass is 503 g/mol. The number of nitriles is 1. The Labute approximate surface area is 199 Å². The van der Waals surface area contributed by atoms with Crippen molar-refractivity contribution in [2.45, 2.75) is 11.3 Å². The molecule has 0 unspecified atom stereocenters. The van der Waals surface area contributed by atoms with E-state index in [1.165, 1.54) is 12.1 Å². The van der Waals surface area contributed by atoms with Crippen LogP contribution in [0.2, 0.25) is 0 Å². The van der Waals surface area contributed by atoms with Crippen LogP contribution in [-0.2, 0) is 19.6 Å². The van der Waals surface area contributed by atoms with Crippen LogP contribution in [0.1, 0.15) is 6.42 Å². The lowest BCUT2D eigenvalue weighted by Crippen LogP contribution is -2.46. The van der Waals surface area contributed by atoms with E-state index in [1.54, 1.807) is 6.07 Å². The molecule has 0 atom stereocenters. The molecule has 0 spiro atoms. The van der Waals surface area contributed by atoms with Crippen molar-refractivity contribution in [3.8, 4) is 6.07 Å². The van der Waals surface area contributed by atoms with Crippen LogP contribution in [0, 0.1) is 11.3 Å². The second-order valence-electron chi connectivity index (χ2n) is 6.75. The van der Waals surface area contributed by atoms with Crippen molar-refractivity contribution < 1.29 is 22.7 Å². The van der Waals surface area contributed by atoms with Crippen LogP contribution in [0.15, 0.2) is 53.4 Å². The number of sulfonamides is 1. The van der Waals surface area contributed by atoms with E-state index in [2.05, 4.69) is 30.4 Å². The first-order valence-electron chi connectivity index (χ1n) is 10.0. The molecular formula is C20H21N7O5S2. The minimum Gasteiger partial charge on any atom is -0.446 e. The normalized spacial score (nSPS) is 10.9. The largest absolute Gasteiger partial charge is 0.446 e. The third-order valence-electron chi connectivity index (χ3n) is 4.47. The van der Waals surface area contributed by atoms with Gasteiger partial charge < -0.3 is 9.64 Å². The second kappa shape index (κ2) is 11.9. The number of hydrogen-bond donors (Lipinski definition) is 3. The molecule has 0 radical (unpaired) electrons. The average Bonchev–Trinajstić information content (AvgIpc) is 3.33. The van der Waals surface area contributed by atoms with Gasteiger partial charge >= 0.3 is 6.09 Å². The van der Waals surface area contributed by atoms with E-state index >= 15 is 0 Å². The maximum absolute atomic E-state index is 12.5. The molecule has 0 aliphatic heterocycles. The number of nitrogens with one attached hydrogen (secondary N) is 3. The Morgan fingerprint density at radius 1 is 1.06 bits per heavy atom. The highest BCUT2D eigenvalue weighted by Crippen LogP contribution is 2.20. The van der Waals surface area contributed by atoms with Crippen LogP contribution in [0.5, 0.6) is 0 Å². The summed E-state index contributed by atoms with van der Waals surface area (Å²) in [6.07, 6.45) is -0.608. The molecule has 3 N–H and O–H groups in total.